The summed E-state index contributed by atoms with van der Waals surface area (Å²) in [5.74, 6) is -1.03. The second-order valence-electron chi connectivity index (χ2n) is 5.14. The van der Waals surface area contributed by atoms with Gasteiger partial charge in [-0.3, -0.25) is 14.9 Å². The maximum Gasteiger partial charge on any atom is 0.344 e. The molecule has 9 heteroatoms. The van der Waals surface area contributed by atoms with E-state index in [1.807, 2.05) is 0 Å². The molecule has 8 nitrogen and oxygen atoms in total. The van der Waals surface area contributed by atoms with E-state index in [1.54, 1.807) is 24.3 Å². The van der Waals surface area contributed by atoms with Gasteiger partial charge in [0.25, 0.3) is 11.6 Å². The Kier molecular flexibility index (Phi) is 6.51. The SMILES string of the molecule is C[C@@H](OC(=O)COc1ccc([N+](=O)[O-])cc1)C(=O)Nc1ccccc1Cl. The van der Waals surface area contributed by atoms with Crippen molar-refractivity contribution >= 4 is 34.9 Å². The molecule has 1 N–H and O–H groups in total. The van der Waals surface area contributed by atoms with Crippen molar-refractivity contribution in [2.45, 2.75) is 13.0 Å². The summed E-state index contributed by atoms with van der Waals surface area (Å²) < 4.78 is 10.2. The fourth-order valence-electron chi connectivity index (χ4n) is 1.89. The summed E-state index contributed by atoms with van der Waals surface area (Å²) in [7, 11) is 0. The summed E-state index contributed by atoms with van der Waals surface area (Å²) in [5, 5.41) is 13.5. The number of nitro benzene ring substituents is 1. The van der Waals surface area contributed by atoms with Crippen LogP contribution in [0.5, 0.6) is 5.75 Å². The van der Waals surface area contributed by atoms with Crippen LogP contribution >= 0.6 is 11.6 Å². The molecule has 2 rings (SSSR count). The number of carbonyl (C=O) groups excluding carboxylic acids is 2. The Hall–Kier alpha value is -3.13. The number of hydrogen-bond acceptors (Lipinski definition) is 6. The second kappa shape index (κ2) is 8.82. The van der Waals surface area contributed by atoms with E-state index in [0.29, 0.717) is 10.7 Å². The number of nitro groups is 1. The molecule has 0 bridgehead atoms. The topological polar surface area (TPSA) is 108 Å². The molecule has 26 heavy (non-hydrogen) atoms. The van der Waals surface area contributed by atoms with Gasteiger partial charge in [0, 0.05) is 12.1 Å². The predicted octanol–water partition coefficient (Wildman–Crippen LogP) is 3.20. The first kappa shape index (κ1) is 19.2. The Morgan fingerprint density at radius 3 is 2.46 bits per heavy atom. The number of para-hydroxylation sites is 1. The maximum absolute atomic E-state index is 12.0. The summed E-state index contributed by atoms with van der Waals surface area (Å²) in [6, 6.07) is 11.9. The normalized spacial score (nSPS) is 11.3. The van der Waals surface area contributed by atoms with Gasteiger partial charge in [-0.05, 0) is 31.2 Å². The predicted molar refractivity (Wildman–Crippen MR) is 94.2 cm³/mol. The van der Waals surface area contributed by atoms with Crippen molar-refractivity contribution in [2.24, 2.45) is 0 Å². The highest BCUT2D eigenvalue weighted by molar-refractivity contribution is 6.33. The number of ether oxygens (including phenoxy) is 2. The molecule has 2 aromatic carbocycles. The Morgan fingerprint density at radius 1 is 1.19 bits per heavy atom. The van der Waals surface area contributed by atoms with Crippen LogP contribution in [0.4, 0.5) is 11.4 Å². The lowest BCUT2D eigenvalue weighted by molar-refractivity contribution is -0.384. The van der Waals surface area contributed by atoms with Gasteiger partial charge < -0.3 is 14.8 Å². The highest BCUT2D eigenvalue weighted by atomic mass is 35.5. The number of anilines is 1. The number of esters is 1. The van der Waals surface area contributed by atoms with E-state index in [0.717, 1.165) is 0 Å². The molecule has 0 saturated carbocycles. The second-order valence-corrected chi connectivity index (χ2v) is 5.55. The monoisotopic (exact) mass is 378 g/mol. The van der Waals surface area contributed by atoms with Crippen molar-refractivity contribution in [2.75, 3.05) is 11.9 Å². The van der Waals surface area contributed by atoms with Crippen LogP contribution in [0.2, 0.25) is 5.02 Å². The minimum absolute atomic E-state index is 0.0928. The minimum Gasteiger partial charge on any atom is -0.482 e. The van der Waals surface area contributed by atoms with Crippen LogP contribution in [0.3, 0.4) is 0 Å². The zero-order valence-corrected chi connectivity index (χ0v) is 14.4. The number of nitrogens with zero attached hydrogens (tertiary/aromatic N) is 1. The van der Waals surface area contributed by atoms with Crippen LogP contribution in [0.25, 0.3) is 0 Å². The summed E-state index contributed by atoms with van der Waals surface area (Å²) in [4.78, 5) is 33.8. The zero-order valence-electron chi connectivity index (χ0n) is 13.7. The molecule has 0 heterocycles. The van der Waals surface area contributed by atoms with E-state index in [9.17, 15) is 19.7 Å². The average Bonchev–Trinajstić information content (AvgIpc) is 2.62. The number of benzene rings is 2. The number of nitrogens with one attached hydrogen (secondary N) is 1. The molecule has 0 aliphatic rings. The molecule has 1 amide bonds. The van der Waals surface area contributed by atoms with Crippen LogP contribution in [-0.2, 0) is 14.3 Å². The van der Waals surface area contributed by atoms with E-state index in [2.05, 4.69) is 5.32 Å². The maximum atomic E-state index is 12.0. The Morgan fingerprint density at radius 2 is 1.85 bits per heavy atom. The quantitative estimate of drug-likeness (QED) is 0.450. The van der Waals surface area contributed by atoms with Crippen molar-refractivity contribution in [3.8, 4) is 5.75 Å². The first-order valence-electron chi connectivity index (χ1n) is 7.49. The van der Waals surface area contributed by atoms with Gasteiger partial charge in [0.2, 0.25) is 0 Å². The van der Waals surface area contributed by atoms with Crippen LogP contribution in [0.15, 0.2) is 48.5 Å². The molecule has 0 radical (unpaired) electrons. The molecule has 0 spiro atoms. The first-order chi connectivity index (χ1) is 12.4. The standard InChI is InChI=1S/C17H15ClN2O6/c1-11(17(22)19-15-5-3-2-4-14(15)18)26-16(21)10-25-13-8-6-12(7-9-13)20(23)24/h2-9,11H,10H2,1H3,(H,19,22)/t11-/m1/s1. The molecule has 136 valence electrons. The molecule has 1 atom stereocenters. The van der Waals surface area contributed by atoms with Crippen LogP contribution < -0.4 is 10.1 Å². The molecular weight excluding hydrogens is 364 g/mol. The lowest BCUT2D eigenvalue weighted by Gasteiger charge is -2.14. The number of amides is 1. The molecule has 0 saturated heterocycles. The van der Waals surface area contributed by atoms with E-state index >= 15 is 0 Å². The number of carbonyl (C=O) groups is 2. The lowest BCUT2D eigenvalue weighted by Crippen LogP contribution is -2.31. The smallest absolute Gasteiger partial charge is 0.344 e. The first-order valence-corrected chi connectivity index (χ1v) is 7.86. The van der Waals surface area contributed by atoms with E-state index in [1.165, 1.54) is 31.2 Å². The summed E-state index contributed by atoms with van der Waals surface area (Å²) in [6.45, 7) is 0.970. The van der Waals surface area contributed by atoms with Crippen molar-refractivity contribution < 1.29 is 24.0 Å². The van der Waals surface area contributed by atoms with Crippen LogP contribution in [0, 0.1) is 10.1 Å². The zero-order chi connectivity index (χ0) is 19.1. The Balaban J connectivity index is 1.82. The van der Waals surface area contributed by atoms with Crippen molar-refractivity contribution in [1.82, 2.24) is 0 Å². The van der Waals surface area contributed by atoms with Crippen molar-refractivity contribution in [3.05, 3.63) is 63.7 Å². The van der Waals surface area contributed by atoms with Crippen molar-refractivity contribution in [3.63, 3.8) is 0 Å². The Bertz CT molecular complexity index is 809. The highest BCUT2D eigenvalue weighted by Gasteiger charge is 2.19. The Labute approximate surface area is 153 Å². The van der Waals surface area contributed by atoms with Gasteiger partial charge in [-0.1, -0.05) is 23.7 Å². The summed E-state index contributed by atoms with van der Waals surface area (Å²) in [5.41, 5.74) is 0.314. The number of non-ortho nitro benzene ring substituents is 1. The van der Waals surface area contributed by atoms with Gasteiger partial charge in [0.05, 0.1) is 15.6 Å². The van der Waals surface area contributed by atoms with E-state index in [-0.39, 0.29) is 11.4 Å². The number of halogens is 1. The third-order valence-corrected chi connectivity index (χ3v) is 3.54. The highest BCUT2D eigenvalue weighted by Crippen LogP contribution is 2.21. The largest absolute Gasteiger partial charge is 0.482 e. The molecule has 0 aromatic heterocycles. The summed E-state index contributed by atoms with van der Waals surface area (Å²) in [6.07, 6.45) is -1.06. The van der Waals surface area contributed by atoms with E-state index < -0.39 is 29.5 Å². The molecule has 0 aliphatic heterocycles. The van der Waals surface area contributed by atoms with Gasteiger partial charge in [0.15, 0.2) is 12.7 Å². The lowest BCUT2D eigenvalue weighted by atomic mass is 10.3. The third kappa shape index (κ3) is 5.45. The molecule has 0 fully saturated rings. The molecule has 0 unspecified atom stereocenters. The van der Waals surface area contributed by atoms with Gasteiger partial charge >= 0.3 is 5.97 Å². The van der Waals surface area contributed by atoms with Crippen molar-refractivity contribution in [1.29, 1.82) is 0 Å². The number of hydrogen-bond donors (Lipinski definition) is 1. The van der Waals surface area contributed by atoms with Gasteiger partial charge in [-0.15, -0.1) is 0 Å². The van der Waals surface area contributed by atoms with E-state index in [4.69, 9.17) is 21.1 Å². The molecule has 0 aliphatic carbocycles. The van der Waals surface area contributed by atoms with Gasteiger partial charge in [-0.2, -0.15) is 0 Å². The van der Waals surface area contributed by atoms with Crippen LogP contribution in [0.1, 0.15) is 6.92 Å². The molecular formula is C17H15ClN2O6. The average molecular weight is 379 g/mol. The van der Waals surface area contributed by atoms with Crippen LogP contribution in [-0.4, -0.2) is 29.5 Å². The fourth-order valence-corrected chi connectivity index (χ4v) is 2.07. The minimum atomic E-state index is -1.06. The van der Waals surface area contributed by atoms with Gasteiger partial charge in [0.1, 0.15) is 5.75 Å². The fraction of sp³-hybridized carbons (Fsp3) is 0.176. The third-order valence-electron chi connectivity index (χ3n) is 3.21. The number of rotatable bonds is 7. The molecule has 2 aromatic rings. The van der Waals surface area contributed by atoms with Gasteiger partial charge in [-0.25, -0.2) is 4.79 Å². The summed E-state index contributed by atoms with van der Waals surface area (Å²) >= 11 is 5.94.